The van der Waals surface area contributed by atoms with Crippen molar-refractivity contribution < 1.29 is 18.0 Å². The summed E-state index contributed by atoms with van der Waals surface area (Å²) < 4.78 is 35.3. The predicted octanol–water partition coefficient (Wildman–Crippen LogP) is 1.11. The second-order valence-corrected chi connectivity index (χ2v) is 4.39. The van der Waals surface area contributed by atoms with Gasteiger partial charge in [0.1, 0.15) is 0 Å². The number of carbonyl (C=O) groups is 1. The van der Waals surface area contributed by atoms with E-state index in [-0.39, 0.29) is 17.8 Å². The molecule has 2 N–H and O–H groups in total. The van der Waals surface area contributed by atoms with Gasteiger partial charge in [-0.15, -0.1) is 0 Å². The minimum Gasteiger partial charge on any atom is -0.351 e. The summed E-state index contributed by atoms with van der Waals surface area (Å²) in [5.41, 5.74) is -4.33. The van der Waals surface area contributed by atoms with Crippen LogP contribution in [0.4, 0.5) is 13.2 Å². The summed E-state index contributed by atoms with van der Waals surface area (Å²) in [4.78, 5) is 11.1. The molecule has 0 aromatic rings. The zero-order valence-electron chi connectivity index (χ0n) is 8.06. The summed E-state index contributed by atoms with van der Waals surface area (Å²) in [7, 11) is 0. The quantitative estimate of drug-likeness (QED) is 0.779. The van der Waals surface area contributed by atoms with Gasteiger partial charge in [-0.2, -0.15) is 13.2 Å². The van der Waals surface area contributed by atoms with Crippen molar-refractivity contribution in [2.45, 2.75) is 24.4 Å². The maximum absolute atomic E-state index is 11.8. The molecular formula is C8H13F3N2OS. The molecule has 1 amide bonds. The van der Waals surface area contributed by atoms with Crippen LogP contribution in [0.5, 0.6) is 0 Å². The van der Waals surface area contributed by atoms with E-state index in [0.29, 0.717) is 6.54 Å². The van der Waals surface area contributed by atoms with E-state index < -0.39 is 17.2 Å². The van der Waals surface area contributed by atoms with Crippen molar-refractivity contribution in [1.82, 2.24) is 10.6 Å². The van der Waals surface area contributed by atoms with Gasteiger partial charge in [-0.25, -0.2) is 0 Å². The molecular weight excluding hydrogens is 229 g/mol. The monoisotopic (exact) mass is 242 g/mol. The number of halogens is 3. The Morgan fingerprint density at radius 1 is 1.53 bits per heavy atom. The summed E-state index contributed by atoms with van der Waals surface area (Å²) in [5.74, 6) is -1.11. The third-order valence-corrected chi connectivity index (χ3v) is 2.76. The number of thioether (sulfide) groups is 1. The molecule has 1 unspecified atom stereocenters. The van der Waals surface area contributed by atoms with E-state index in [0.717, 1.165) is 19.4 Å². The Balaban J connectivity index is 2.17. The maximum Gasteiger partial charge on any atom is 0.442 e. The first-order chi connectivity index (χ1) is 6.97. The normalized spacial score (nSPS) is 22.5. The number of carbonyl (C=O) groups excluding carboxylic acids is 1. The fraction of sp³-hybridized carbons (Fsp3) is 0.875. The number of rotatable bonds is 3. The molecule has 0 radical (unpaired) electrons. The summed E-state index contributed by atoms with van der Waals surface area (Å²) in [6, 6.07) is -0.0277. The molecule has 15 heavy (non-hydrogen) atoms. The number of amides is 1. The molecule has 0 aliphatic carbocycles. The Labute approximate surface area is 90.2 Å². The number of hydrogen-bond donors (Lipinski definition) is 2. The molecule has 1 heterocycles. The van der Waals surface area contributed by atoms with Crippen LogP contribution in [0.2, 0.25) is 0 Å². The van der Waals surface area contributed by atoms with Crippen LogP contribution in [0.1, 0.15) is 12.8 Å². The van der Waals surface area contributed by atoms with Crippen molar-refractivity contribution in [3.63, 3.8) is 0 Å². The highest BCUT2D eigenvalue weighted by atomic mass is 32.2. The molecule has 1 atom stereocenters. The van der Waals surface area contributed by atoms with Crippen LogP contribution in [0, 0.1) is 0 Å². The summed E-state index contributed by atoms with van der Waals surface area (Å²) in [6.45, 7) is 1.55. The maximum atomic E-state index is 11.8. The highest BCUT2D eigenvalue weighted by Crippen LogP contribution is 2.29. The van der Waals surface area contributed by atoms with Gasteiger partial charge in [0.05, 0.1) is 5.75 Å². The Bertz CT molecular complexity index is 216. The molecule has 0 spiro atoms. The van der Waals surface area contributed by atoms with Crippen molar-refractivity contribution in [2.24, 2.45) is 0 Å². The largest absolute Gasteiger partial charge is 0.442 e. The van der Waals surface area contributed by atoms with Crippen LogP contribution in [0.15, 0.2) is 0 Å². The van der Waals surface area contributed by atoms with Crippen molar-refractivity contribution in [3.8, 4) is 0 Å². The standard InChI is InChI=1S/C8H13F3N2OS/c9-8(10,11)15-5-7(14)13-6-2-1-3-12-4-6/h6,12H,1-5H2,(H,13,14). The van der Waals surface area contributed by atoms with Gasteiger partial charge >= 0.3 is 5.51 Å². The molecule has 0 saturated carbocycles. The first-order valence-electron chi connectivity index (χ1n) is 4.68. The second-order valence-electron chi connectivity index (χ2n) is 3.35. The Kier molecular flexibility index (Phi) is 4.72. The van der Waals surface area contributed by atoms with Crippen LogP contribution in [-0.4, -0.2) is 36.3 Å². The minimum absolute atomic E-state index is 0.0277. The zero-order valence-corrected chi connectivity index (χ0v) is 8.88. The minimum atomic E-state index is -4.33. The van der Waals surface area contributed by atoms with Gasteiger partial charge < -0.3 is 10.6 Å². The zero-order chi connectivity index (χ0) is 11.3. The van der Waals surface area contributed by atoms with Gasteiger partial charge in [0.15, 0.2) is 0 Å². The average molecular weight is 242 g/mol. The van der Waals surface area contributed by atoms with E-state index in [2.05, 4.69) is 10.6 Å². The first-order valence-corrected chi connectivity index (χ1v) is 5.67. The molecule has 88 valence electrons. The third-order valence-electron chi connectivity index (χ3n) is 2.03. The smallest absolute Gasteiger partial charge is 0.351 e. The molecule has 3 nitrogen and oxygen atoms in total. The molecule has 0 aromatic carbocycles. The van der Waals surface area contributed by atoms with Crippen LogP contribution in [0.3, 0.4) is 0 Å². The number of piperidine rings is 1. The molecule has 0 aromatic heterocycles. The van der Waals surface area contributed by atoms with E-state index in [4.69, 9.17) is 0 Å². The van der Waals surface area contributed by atoms with Crippen molar-refractivity contribution >= 4 is 17.7 Å². The number of alkyl halides is 3. The lowest BCUT2D eigenvalue weighted by atomic mass is 10.1. The van der Waals surface area contributed by atoms with E-state index in [1.165, 1.54) is 0 Å². The van der Waals surface area contributed by atoms with E-state index in [1.807, 2.05) is 0 Å². The fourth-order valence-electron chi connectivity index (χ4n) is 1.39. The van der Waals surface area contributed by atoms with Gasteiger partial charge in [-0.3, -0.25) is 4.79 Å². The number of nitrogens with one attached hydrogen (secondary N) is 2. The van der Waals surface area contributed by atoms with Crippen LogP contribution in [0.25, 0.3) is 0 Å². The molecule has 1 aliphatic heterocycles. The fourth-order valence-corrected chi connectivity index (χ4v) is 1.77. The van der Waals surface area contributed by atoms with Gasteiger partial charge in [-0.1, -0.05) is 0 Å². The van der Waals surface area contributed by atoms with Gasteiger partial charge in [0.25, 0.3) is 0 Å². The third kappa shape index (κ3) is 5.88. The topological polar surface area (TPSA) is 41.1 Å². The van der Waals surface area contributed by atoms with Gasteiger partial charge in [0.2, 0.25) is 5.91 Å². The molecule has 1 aliphatic rings. The predicted molar refractivity (Wildman–Crippen MR) is 52.5 cm³/mol. The summed E-state index contributed by atoms with van der Waals surface area (Å²) in [6.07, 6.45) is 1.77. The molecule has 0 bridgehead atoms. The Hall–Kier alpha value is -0.430. The molecule has 7 heteroatoms. The van der Waals surface area contributed by atoms with Crippen molar-refractivity contribution in [2.75, 3.05) is 18.8 Å². The van der Waals surface area contributed by atoms with Gasteiger partial charge in [-0.05, 0) is 31.1 Å². The molecule has 1 rings (SSSR count). The summed E-state index contributed by atoms with van der Waals surface area (Å²) >= 11 is -0.302. The number of hydrogen-bond acceptors (Lipinski definition) is 3. The van der Waals surface area contributed by atoms with E-state index >= 15 is 0 Å². The lowest BCUT2D eigenvalue weighted by molar-refractivity contribution is -0.119. The lowest BCUT2D eigenvalue weighted by Crippen LogP contribution is -2.46. The van der Waals surface area contributed by atoms with Crippen LogP contribution < -0.4 is 10.6 Å². The highest BCUT2D eigenvalue weighted by Gasteiger charge is 2.29. The second kappa shape index (κ2) is 5.60. The average Bonchev–Trinajstić information content (AvgIpc) is 2.15. The lowest BCUT2D eigenvalue weighted by Gasteiger charge is -2.23. The SMILES string of the molecule is O=C(CSC(F)(F)F)NC1CCCNC1. The van der Waals surface area contributed by atoms with E-state index in [1.54, 1.807) is 0 Å². The molecule has 1 fully saturated rings. The first kappa shape index (κ1) is 12.6. The molecule has 1 saturated heterocycles. The summed E-state index contributed by atoms with van der Waals surface area (Å²) in [5, 5.41) is 5.64. The van der Waals surface area contributed by atoms with Crippen LogP contribution in [-0.2, 0) is 4.79 Å². The van der Waals surface area contributed by atoms with Crippen molar-refractivity contribution in [1.29, 1.82) is 0 Å². The highest BCUT2D eigenvalue weighted by molar-refractivity contribution is 8.00. The van der Waals surface area contributed by atoms with Gasteiger partial charge in [0, 0.05) is 12.6 Å². The van der Waals surface area contributed by atoms with Crippen molar-refractivity contribution in [3.05, 3.63) is 0 Å². The Morgan fingerprint density at radius 2 is 2.27 bits per heavy atom. The van der Waals surface area contributed by atoms with E-state index in [9.17, 15) is 18.0 Å². The van der Waals surface area contributed by atoms with Crippen LogP contribution >= 0.6 is 11.8 Å². The Morgan fingerprint density at radius 3 is 2.80 bits per heavy atom.